The van der Waals surface area contributed by atoms with Crippen LogP contribution in [-0.4, -0.2) is 12.7 Å². The Balaban J connectivity index is 0.00000256. The van der Waals surface area contributed by atoms with Gasteiger partial charge in [0.2, 0.25) is 0 Å². The predicted octanol–water partition coefficient (Wildman–Crippen LogP) is 6.50. The van der Waals surface area contributed by atoms with Crippen molar-refractivity contribution in [3.8, 4) is 23.0 Å². The zero-order chi connectivity index (χ0) is 20.3. The van der Waals surface area contributed by atoms with E-state index in [0.717, 1.165) is 11.3 Å². The van der Waals surface area contributed by atoms with Crippen molar-refractivity contribution in [2.75, 3.05) is 6.61 Å². The van der Waals surface area contributed by atoms with Crippen LogP contribution in [0, 0.1) is 5.41 Å². The highest BCUT2D eigenvalue weighted by Gasteiger charge is 2.38. The molecule has 1 aliphatic heterocycles. The topological polar surface area (TPSA) is 56.8 Å². The number of carbonyl (C=O) groups excluding carboxylic acids is 1. The standard InChI is InChI=1S/C24H23NO4.ClH/c1-24(2)16-27-23(26)25-22(24)17-13-14-20(28-18-9-5-3-6-10-18)21(15-17)29-19-11-7-4-8-12-19;/h3-15,22H,16H2,1-2H3,(H,25,26);1H/t22-;/m0./s1. The lowest BCUT2D eigenvalue weighted by molar-refractivity contribution is 0.0387. The fourth-order valence-corrected chi connectivity index (χ4v) is 3.32. The molecule has 0 saturated carbocycles. The van der Waals surface area contributed by atoms with E-state index in [-0.39, 0.29) is 23.9 Å². The average molecular weight is 426 g/mol. The number of hydrogen-bond acceptors (Lipinski definition) is 4. The SMILES string of the molecule is CC1(C)COC(=O)N[C@H]1c1ccc(Oc2ccccc2)c(Oc2ccccc2)c1.Cl. The molecule has 0 bridgehead atoms. The number of ether oxygens (including phenoxy) is 3. The van der Waals surface area contributed by atoms with Crippen LogP contribution < -0.4 is 14.8 Å². The summed E-state index contributed by atoms with van der Waals surface area (Å²) in [7, 11) is 0. The molecule has 1 N–H and O–H groups in total. The molecule has 156 valence electrons. The van der Waals surface area contributed by atoms with Crippen molar-refractivity contribution in [2.24, 2.45) is 5.41 Å². The number of amides is 1. The lowest BCUT2D eigenvalue weighted by Gasteiger charge is -2.38. The summed E-state index contributed by atoms with van der Waals surface area (Å²) in [6.45, 7) is 4.47. The summed E-state index contributed by atoms with van der Waals surface area (Å²) in [6, 6.07) is 24.6. The van der Waals surface area contributed by atoms with Gasteiger partial charge in [0.1, 0.15) is 18.1 Å². The number of hydrogen-bond donors (Lipinski definition) is 1. The van der Waals surface area contributed by atoms with Crippen molar-refractivity contribution in [1.29, 1.82) is 0 Å². The zero-order valence-corrected chi connectivity index (χ0v) is 17.6. The third-order valence-corrected chi connectivity index (χ3v) is 4.86. The molecule has 3 aromatic rings. The quantitative estimate of drug-likeness (QED) is 0.506. The van der Waals surface area contributed by atoms with Crippen LogP contribution in [0.5, 0.6) is 23.0 Å². The molecule has 4 rings (SSSR count). The van der Waals surface area contributed by atoms with E-state index < -0.39 is 6.09 Å². The summed E-state index contributed by atoms with van der Waals surface area (Å²) in [5.41, 5.74) is 0.665. The molecule has 6 heteroatoms. The van der Waals surface area contributed by atoms with Gasteiger partial charge in [0.05, 0.1) is 6.04 Å². The first kappa shape index (κ1) is 21.5. The van der Waals surface area contributed by atoms with Crippen molar-refractivity contribution in [3.63, 3.8) is 0 Å². The maximum Gasteiger partial charge on any atom is 0.407 e. The van der Waals surface area contributed by atoms with Gasteiger partial charge in [-0.25, -0.2) is 4.79 Å². The minimum atomic E-state index is -0.413. The summed E-state index contributed by atoms with van der Waals surface area (Å²) in [6.07, 6.45) is -0.413. The van der Waals surface area contributed by atoms with Gasteiger partial charge in [0.15, 0.2) is 11.5 Å². The third-order valence-electron chi connectivity index (χ3n) is 4.86. The largest absolute Gasteiger partial charge is 0.453 e. The fourth-order valence-electron chi connectivity index (χ4n) is 3.32. The van der Waals surface area contributed by atoms with E-state index in [1.807, 2.05) is 78.9 Å². The van der Waals surface area contributed by atoms with E-state index in [0.29, 0.717) is 23.9 Å². The van der Waals surface area contributed by atoms with Gasteiger partial charge in [0, 0.05) is 5.41 Å². The van der Waals surface area contributed by atoms with E-state index in [4.69, 9.17) is 14.2 Å². The van der Waals surface area contributed by atoms with Crippen molar-refractivity contribution in [1.82, 2.24) is 5.32 Å². The first-order valence-electron chi connectivity index (χ1n) is 9.54. The Morgan fingerprint density at radius 3 is 2.03 bits per heavy atom. The molecule has 1 heterocycles. The molecule has 1 fully saturated rings. The Labute approximate surface area is 182 Å². The molecule has 30 heavy (non-hydrogen) atoms. The average Bonchev–Trinajstić information content (AvgIpc) is 2.73. The lowest BCUT2D eigenvalue weighted by Crippen LogP contribution is -2.46. The van der Waals surface area contributed by atoms with Gasteiger partial charge >= 0.3 is 6.09 Å². The molecular weight excluding hydrogens is 402 g/mol. The fraction of sp³-hybridized carbons (Fsp3) is 0.208. The van der Waals surface area contributed by atoms with Crippen LogP contribution in [0.25, 0.3) is 0 Å². The monoisotopic (exact) mass is 425 g/mol. The van der Waals surface area contributed by atoms with Crippen molar-refractivity contribution < 1.29 is 19.0 Å². The van der Waals surface area contributed by atoms with Gasteiger partial charge in [-0.1, -0.05) is 56.3 Å². The number of para-hydroxylation sites is 2. The van der Waals surface area contributed by atoms with Gasteiger partial charge in [-0.3, -0.25) is 0 Å². The van der Waals surface area contributed by atoms with Gasteiger partial charge in [-0.2, -0.15) is 0 Å². The van der Waals surface area contributed by atoms with Crippen molar-refractivity contribution in [2.45, 2.75) is 19.9 Å². The Kier molecular flexibility index (Phi) is 6.53. The second-order valence-electron chi connectivity index (χ2n) is 7.68. The Morgan fingerprint density at radius 2 is 1.43 bits per heavy atom. The smallest absolute Gasteiger partial charge is 0.407 e. The predicted molar refractivity (Wildman–Crippen MR) is 118 cm³/mol. The zero-order valence-electron chi connectivity index (χ0n) is 16.8. The van der Waals surface area contributed by atoms with E-state index in [9.17, 15) is 4.79 Å². The molecule has 0 radical (unpaired) electrons. The van der Waals surface area contributed by atoms with Gasteiger partial charge < -0.3 is 19.5 Å². The summed E-state index contributed by atoms with van der Waals surface area (Å²) < 4.78 is 17.4. The molecule has 1 atom stereocenters. The molecule has 1 saturated heterocycles. The lowest BCUT2D eigenvalue weighted by atomic mass is 9.80. The van der Waals surface area contributed by atoms with E-state index in [1.165, 1.54) is 0 Å². The number of rotatable bonds is 5. The molecule has 1 aliphatic rings. The highest BCUT2D eigenvalue weighted by Crippen LogP contribution is 2.41. The number of halogens is 1. The minimum absolute atomic E-state index is 0. The molecule has 1 amide bonds. The van der Waals surface area contributed by atoms with Crippen LogP contribution in [0.1, 0.15) is 25.5 Å². The first-order chi connectivity index (χ1) is 14.0. The Bertz CT molecular complexity index is 993. The van der Waals surface area contributed by atoms with Gasteiger partial charge in [-0.05, 0) is 42.0 Å². The number of cyclic esters (lactones) is 1. The van der Waals surface area contributed by atoms with Crippen LogP contribution >= 0.6 is 12.4 Å². The molecule has 0 spiro atoms. The number of alkyl carbamates (subject to hydrolysis) is 1. The van der Waals surface area contributed by atoms with Crippen LogP contribution in [0.2, 0.25) is 0 Å². The summed E-state index contributed by atoms with van der Waals surface area (Å²) in [5, 5.41) is 2.93. The minimum Gasteiger partial charge on any atom is -0.453 e. The molecule has 3 aromatic carbocycles. The van der Waals surface area contributed by atoms with E-state index in [1.54, 1.807) is 0 Å². The molecule has 5 nitrogen and oxygen atoms in total. The van der Waals surface area contributed by atoms with Crippen LogP contribution in [0.15, 0.2) is 78.9 Å². The van der Waals surface area contributed by atoms with E-state index in [2.05, 4.69) is 19.2 Å². The van der Waals surface area contributed by atoms with Crippen molar-refractivity contribution in [3.05, 3.63) is 84.4 Å². The Hall–Kier alpha value is -3.18. The number of benzene rings is 3. The first-order valence-corrected chi connectivity index (χ1v) is 9.54. The normalized spacial score (nSPS) is 17.1. The molecular formula is C24H24ClNO4. The summed E-state index contributed by atoms with van der Waals surface area (Å²) in [5.74, 6) is 2.60. The Morgan fingerprint density at radius 1 is 0.867 bits per heavy atom. The highest BCUT2D eigenvalue weighted by molar-refractivity contribution is 5.85. The van der Waals surface area contributed by atoms with Crippen LogP contribution in [0.4, 0.5) is 4.79 Å². The maximum atomic E-state index is 11.8. The second kappa shape index (κ2) is 9.09. The van der Waals surface area contributed by atoms with E-state index >= 15 is 0 Å². The number of carbonyl (C=O) groups is 1. The number of nitrogens with one attached hydrogen (secondary N) is 1. The van der Waals surface area contributed by atoms with Gasteiger partial charge in [-0.15, -0.1) is 12.4 Å². The third kappa shape index (κ3) is 4.86. The summed E-state index contributed by atoms with van der Waals surface area (Å²) >= 11 is 0. The van der Waals surface area contributed by atoms with Crippen molar-refractivity contribution >= 4 is 18.5 Å². The molecule has 0 aliphatic carbocycles. The van der Waals surface area contributed by atoms with Crippen LogP contribution in [0.3, 0.4) is 0 Å². The molecule has 0 aromatic heterocycles. The summed E-state index contributed by atoms with van der Waals surface area (Å²) in [4.78, 5) is 11.8. The molecule has 0 unspecified atom stereocenters. The maximum absolute atomic E-state index is 11.8. The highest BCUT2D eigenvalue weighted by atomic mass is 35.5. The second-order valence-corrected chi connectivity index (χ2v) is 7.68. The van der Waals surface area contributed by atoms with Crippen LogP contribution in [-0.2, 0) is 4.74 Å². The van der Waals surface area contributed by atoms with Gasteiger partial charge in [0.25, 0.3) is 0 Å².